The molecule has 0 saturated carbocycles. The molecule has 1 aliphatic rings. The summed E-state index contributed by atoms with van der Waals surface area (Å²) in [5, 5.41) is 0. The van der Waals surface area contributed by atoms with E-state index in [2.05, 4.69) is 9.97 Å². The first-order valence-electron chi connectivity index (χ1n) is 5.77. The van der Waals surface area contributed by atoms with Crippen LogP contribution in [0.2, 0.25) is 0 Å². The average molecular weight is 258 g/mol. The van der Waals surface area contributed by atoms with Crippen LogP contribution in [-0.2, 0) is 4.74 Å². The van der Waals surface area contributed by atoms with Crippen molar-refractivity contribution >= 4 is 17.4 Å². The highest BCUT2D eigenvalue weighted by Gasteiger charge is 2.21. The molecule has 1 aromatic rings. The molecular formula is C11H16ClN3O2. The number of H-pyrrole nitrogens is 1. The molecule has 0 aliphatic carbocycles. The Morgan fingerprint density at radius 3 is 2.94 bits per heavy atom. The molecule has 0 atom stereocenters. The number of hydrogen-bond donors (Lipinski definition) is 1. The summed E-state index contributed by atoms with van der Waals surface area (Å²) in [6.07, 6.45) is 5.22. The maximum Gasteiger partial charge on any atom is 0.290 e. The Morgan fingerprint density at radius 2 is 2.29 bits per heavy atom. The van der Waals surface area contributed by atoms with E-state index in [4.69, 9.17) is 16.3 Å². The maximum absolute atomic E-state index is 11.6. The van der Waals surface area contributed by atoms with Crippen molar-refractivity contribution in [2.24, 2.45) is 0 Å². The van der Waals surface area contributed by atoms with E-state index < -0.39 is 0 Å². The van der Waals surface area contributed by atoms with Gasteiger partial charge in [-0.25, -0.2) is 4.98 Å². The van der Waals surface area contributed by atoms with E-state index >= 15 is 0 Å². The quantitative estimate of drug-likeness (QED) is 0.818. The summed E-state index contributed by atoms with van der Waals surface area (Å²) in [5.41, 5.74) is -0.132. The van der Waals surface area contributed by atoms with Gasteiger partial charge in [0.15, 0.2) is 5.82 Å². The largest absolute Gasteiger partial charge is 0.377 e. The van der Waals surface area contributed by atoms with E-state index in [1.165, 1.54) is 0 Å². The molecule has 0 bridgehead atoms. The van der Waals surface area contributed by atoms with E-state index in [0.717, 1.165) is 25.9 Å². The van der Waals surface area contributed by atoms with Crippen molar-refractivity contribution < 1.29 is 4.74 Å². The van der Waals surface area contributed by atoms with Gasteiger partial charge >= 0.3 is 0 Å². The molecule has 6 heteroatoms. The normalized spacial score (nSPS) is 17.4. The highest BCUT2D eigenvalue weighted by molar-refractivity contribution is 6.17. The van der Waals surface area contributed by atoms with Gasteiger partial charge in [0.25, 0.3) is 5.56 Å². The Kier molecular flexibility index (Phi) is 4.39. The Hall–Kier alpha value is -1.07. The predicted molar refractivity (Wildman–Crippen MR) is 66.8 cm³/mol. The van der Waals surface area contributed by atoms with Crippen LogP contribution in [0.3, 0.4) is 0 Å². The molecule has 1 aromatic heterocycles. The van der Waals surface area contributed by atoms with E-state index in [1.807, 2.05) is 4.90 Å². The number of nitrogens with zero attached hydrogens (tertiary/aromatic N) is 2. The van der Waals surface area contributed by atoms with E-state index in [1.54, 1.807) is 12.4 Å². The molecule has 2 heterocycles. The second-order valence-corrected chi connectivity index (χ2v) is 4.37. The van der Waals surface area contributed by atoms with Crippen molar-refractivity contribution in [1.29, 1.82) is 0 Å². The van der Waals surface area contributed by atoms with Crippen LogP contribution >= 0.6 is 11.6 Å². The molecule has 1 aliphatic heterocycles. The molecule has 94 valence electrons. The number of rotatable bonds is 4. The minimum atomic E-state index is -0.132. The van der Waals surface area contributed by atoms with Gasteiger partial charge in [-0.3, -0.25) is 4.79 Å². The maximum atomic E-state index is 11.6. The zero-order valence-electron chi connectivity index (χ0n) is 9.56. The van der Waals surface area contributed by atoms with Crippen LogP contribution in [0.15, 0.2) is 17.2 Å². The summed E-state index contributed by atoms with van der Waals surface area (Å²) in [4.78, 5) is 20.3. The molecule has 5 nitrogen and oxygen atoms in total. The fourth-order valence-electron chi connectivity index (χ4n) is 2.01. The Bertz CT molecular complexity index is 402. The van der Waals surface area contributed by atoms with Gasteiger partial charge in [-0.05, 0) is 12.8 Å². The third-order valence-electron chi connectivity index (χ3n) is 2.86. The van der Waals surface area contributed by atoms with Gasteiger partial charge in [0, 0.05) is 31.4 Å². The molecule has 0 aromatic carbocycles. The molecule has 1 N–H and O–H groups in total. The van der Waals surface area contributed by atoms with Gasteiger partial charge in [0.1, 0.15) is 0 Å². The van der Waals surface area contributed by atoms with Crippen LogP contribution in [-0.4, -0.2) is 41.6 Å². The second kappa shape index (κ2) is 6.02. The monoisotopic (exact) mass is 257 g/mol. The molecule has 1 saturated heterocycles. The number of anilines is 1. The minimum Gasteiger partial charge on any atom is -0.377 e. The fraction of sp³-hybridized carbons (Fsp3) is 0.636. The molecule has 0 spiro atoms. The molecule has 17 heavy (non-hydrogen) atoms. The van der Waals surface area contributed by atoms with Gasteiger partial charge < -0.3 is 14.6 Å². The SMILES string of the molecule is O=c1[nH]ccnc1N1CCC(OCCCl)CC1. The smallest absolute Gasteiger partial charge is 0.290 e. The lowest BCUT2D eigenvalue weighted by Gasteiger charge is -2.31. The second-order valence-electron chi connectivity index (χ2n) is 3.99. The van der Waals surface area contributed by atoms with Crippen LogP contribution in [0.1, 0.15) is 12.8 Å². The first kappa shape index (κ1) is 12.4. The Morgan fingerprint density at radius 1 is 1.53 bits per heavy atom. The number of hydrogen-bond acceptors (Lipinski definition) is 4. The van der Waals surface area contributed by atoms with Crippen molar-refractivity contribution in [3.63, 3.8) is 0 Å². The Balaban J connectivity index is 1.91. The number of aromatic nitrogens is 2. The van der Waals surface area contributed by atoms with Crippen LogP contribution in [0, 0.1) is 0 Å². The van der Waals surface area contributed by atoms with E-state index in [9.17, 15) is 4.79 Å². The zero-order chi connectivity index (χ0) is 12.1. The Labute approximate surface area is 105 Å². The summed E-state index contributed by atoms with van der Waals surface area (Å²) in [5.74, 6) is 1.03. The van der Waals surface area contributed by atoms with Gasteiger partial charge in [0.05, 0.1) is 12.7 Å². The molecule has 1 fully saturated rings. The number of ether oxygens (including phenoxy) is 1. The van der Waals surface area contributed by atoms with Crippen LogP contribution < -0.4 is 10.5 Å². The molecule has 0 radical (unpaired) electrons. The van der Waals surface area contributed by atoms with Gasteiger partial charge in [-0.1, -0.05) is 0 Å². The summed E-state index contributed by atoms with van der Waals surface area (Å²) in [6.45, 7) is 2.19. The first-order valence-corrected chi connectivity index (χ1v) is 6.31. The topological polar surface area (TPSA) is 58.2 Å². The zero-order valence-corrected chi connectivity index (χ0v) is 10.3. The van der Waals surface area contributed by atoms with Crippen LogP contribution in [0.25, 0.3) is 0 Å². The highest BCUT2D eigenvalue weighted by atomic mass is 35.5. The van der Waals surface area contributed by atoms with Crippen molar-refractivity contribution in [2.75, 3.05) is 30.5 Å². The predicted octanol–water partition coefficient (Wildman–Crippen LogP) is 0.994. The average Bonchev–Trinajstić information content (AvgIpc) is 2.38. The van der Waals surface area contributed by atoms with Gasteiger partial charge in [0.2, 0.25) is 0 Å². The fourth-order valence-corrected chi connectivity index (χ4v) is 2.10. The first-order chi connectivity index (χ1) is 8.31. The summed E-state index contributed by atoms with van der Waals surface area (Å²) < 4.78 is 5.58. The molecular weight excluding hydrogens is 242 g/mol. The van der Waals surface area contributed by atoms with Gasteiger partial charge in [-0.15, -0.1) is 11.6 Å². The van der Waals surface area contributed by atoms with Crippen LogP contribution in [0.5, 0.6) is 0 Å². The number of aromatic amines is 1. The van der Waals surface area contributed by atoms with Crippen molar-refractivity contribution in [3.8, 4) is 0 Å². The number of alkyl halides is 1. The number of piperidine rings is 1. The van der Waals surface area contributed by atoms with Gasteiger partial charge in [-0.2, -0.15) is 0 Å². The van der Waals surface area contributed by atoms with Crippen molar-refractivity contribution in [1.82, 2.24) is 9.97 Å². The van der Waals surface area contributed by atoms with Crippen molar-refractivity contribution in [3.05, 3.63) is 22.7 Å². The third kappa shape index (κ3) is 3.20. The lowest BCUT2D eigenvalue weighted by Crippen LogP contribution is -2.40. The lowest BCUT2D eigenvalue weighted by atomic mass is 10.1. The van der Waals surface area contributed by atoms with E-state index in [0.29, 0.717) is 18.3 Å². The lowest BCUT2D eigenvalue weighted by molar-refractivity contribution is 0.0470. The third-order valence-corrected chi connectivity index (χ3v) is 3.02. The minimum absolute atomic E-state index is 0.132. The highest BCUT2D eigenvalue weighted by Crippen LogP contribution is 2.16. The van der Waals surface area contributed by atoms with E-state index in [-0.39, 0.29) is 11.7 Å². The summed E-state index contributed by atoms with van der Waals surface area (Å²) >= 11 is 5.58. The van der Waals surface area contributed by atoms with Crippen molar-refractivity contribution in [2.45, 2.75) is 18.9 Å². The molecule has 0 unspecified atom stereocenters. The number of halogens is 1. The van der Waals surface area contributed by atoms with Crippen LogP contribution in [0.4, 0.5) is 5.82 Å². The summed E-state index contributed by atoms with van der Waals surface area (Å²) in [7, 11) is 0. The molecule has 0 amide bonds. The summed E-state index contributed by atoms with van der Waals surface area (Å²) in [6, 6.07) is 0. The number of nitrogens with one attached hydrogen (secondary N) is 1. The molecule has 2 rings (SSSR count). The standard InChI is InChI=1S/C11H16ClN3O2/c12-3-8-17-9-1-6-15(7-2-9)10-11(16)14-5-4-13-10/h4-5,9H,1-3,6-8H2,(H,14,16).